The molecule has 4 rings (SSSR count). The summed E-state index contributed by atoms with van der Waals surface area (Å²) in [5, 5.41) is 18.4. The third kappa shape index (κ3) is 7.03. The molecule has 0 radical (unpaired) electrons. The first-order valence-corrected chi connectivity index (χ1v) is 12.3. The van der Waals surface area contributed by atoms with Crippen molar-refractivity contribution < 1.29 is 14.4 Å². The number of benzene rings is 2. The molecule has 12 heteroatoms. The molecule has 0 amide bonds. The summed E-state index contributed by atoms with van der Waals surface area (Å²) in [6, 6.07) is 11.6. The Morgan fingerprint density at radius 2 is 1.73 bits per heavy atom. The van der Waals surface area contributed by atoms with Crippen LogP contribution >= 0.6 is 0 Å². The van der Waals surface area contributed by atoms with E-state index < -0.39 is 4.92 Å². The predicted octanol–water partition coefficient (Wildman–Crippen LogP) is 4.76. The van der Waals surface area contributed by atoms with Gasteiger partial charge in [0.05, 0.1) is 24.4 Å². The van der Waals surface area contributed by atoms with E-state index in [1.54, 1.807) is 18.3 Å². The van der Waals surface area contributed by atoms with Crippen LogP contribution in [0.2, 0.25) is 0 Å². The van der Waals surface area contributed by atoms with Crippen molar-refractivity contribution in [3.05, 3.63) is 58.1 Å². The van der Waals surface area contributed by atoms with Crippen LogP contribution < -0.4 is 25.1 Å². The number of ether oxygens (including phenoxy) is 2. The van der Waals surface area contributed by atoms with E-state index in [1.807, 2.05) is 32.0 Å². The van der Waals surface area contributed by atoms with Crippen LogP contribution in [0, 0.1) is 10.1 Å². The number of non-ortho nitro benzene ring substituents is 1. The van der Waals surface area contributed by atoms with Crippen LogP contribution in [-0.2, 0) is 0 Å². The van der Waals surface area contributed by atoms with Crippen molar-refractivity contribution in [2.24, 2.45) is 5.10 Å². The normalized spacial score (nSPS) is 13.4. The van der Waals surface area contributed by atoms with Gasteiger partial charge in [0.1, 0.15) is 11.5 Å². The fourth-order valence-electron chi connectivity index (χ4n) is 3.82. The molecular weight excluding hydrogens is 476 g/mol. The van der Waals surface area contributed by atoms with E-state index in [2.05, 4.69) is 35.7 Å². The van der Waals surface area contributed by atoms with Gasteiger partial charge in [-0.15, -0.1) is 0 Å². The lowest BCUT2D eigenvalue weighted by Crippen LogP contribution is -2.31. The van der Waals surface area contributed by atoms with Crippen molar-refractivity contribution in [1.82, 2.24) is 15.0 Å². The number of nitrogens with zero attached hydrogens (tertiary/aromatic N) is 6. The third-order valence-corrected chi connectivity index (χ3v) is 5.56. The Kier molecular flexibility index (Phi) is 8.63. The van der Waals surface area contributed by atoms with Crippen molar-refractivity contribution in [2.75, 3.05) is 41.9 Å². The topological polar surface area (TPSA) is 140 Å². The van der Waals surface area contributed by atoms with Gasteiger partial charge >= 0.3 is 0 Å². The van der Waals surface area contributed by atoms with Crippen molar-refractivity contribution in [2.45, 2.75) is 33.1 Å². The summed E-state index contributed by atoms with van der Waals surface area (Å²) in [5.41, 5.74) is 4.29. The first-order valence-electron chi connectivity index (χ1n) is 12.3. The Balaban J connectivity index is 1.56. The zero-order valence-corrected chi connectivity index (χ0v) is 20.9. The van der Waals surface area contributed by atoms with Gasteiger partial charge in [0.25, 0.3) is 5.69 Å². The molecule has 2 N–H and O–H groups in total. The minimum absolute atomic E-state index is 0.00704. The van der Waals surface area contributed by atoms with Crippen LogP contribution in [-0.4, -0.2) is 52.4 Å². The van der Waals surface area contributed by atoms with E-state index in [4.69, 9.17) is 9.47 Å². The highest BCUT2D eigenvalue weighted by Crippen LogP contribution is 2.25. The molecular formula is C25H30N8O4. The molecule has 0 aliphatic carbocycles. The Labute approximate surface area is 214 Å². The number of nitrogens with one attached hydrogen (secondary N) is 2. The van der Waals surface area contributed by atoms with Gasteiger partial charge in [0.15, 0.2) is 0 Å². The van der Waals surface area contributed by atoms with Gasteiger partial charge in [-0.2, -0.15) is 20.1 Å². The van der Waals surface area contributed by atoms with Gasteiger partial charge in [0.2, 0.25) is 17.8 Å². The quantitative estimate of drug-likeness (QED) is 0.212. The zero-order chi connectivity index (χ0) is 26.0. The molecule has 1 aromatic heterocycles. The van der Waals surface area contributed by atoms with Crippen LogP contribution in [0.3, 0.4) is 0 Å². The number of hydrogen-bond acceptors (Lipinski definition) is 11. The van der Waals surface area contributed by atoms with Crippen LogP contribution in [0.1, 0.15) is 38.7 Å². The van der Waals surface area contributed by atoms with Gasteiger partial charge in [-0.3, -0.25) is 10.1 Å². The van der Waals surface area contributed by atoms with E-state index in [0.717, 1.165) is 37.2 Å². The second-order valence-electron chi connectivity index (χ2n) is 8.19. The molecule has 0 unspecified atom stereocenters. The molecule has 3 aromatic rings. The van der Waals surface area contributed by atoms with Crippen molar-refractivity contribution in [3.8, 4) is 11.5 Å². The van der Waals surface area contributed by atoms with Crippen molar-refractivity contribution >= 4 is 35.4 Å². The van der Waals surface area contributed by atoms with Crippen LogP contribution in [0.15, 0.2) is 47.6 Å². The number of piperidine rings is 1. The summed E-state index contributed by atoms with van der Waals surface area (Å²) in [6.07, 6.45) is 4.94. The molecule has 0 atom stereocenters. The van der Waals surface area contributed by atoms with E-state index in [1.165, 1.54) is 18.6 Å². The van der Waals surface area contributed by atoms with Crippen LogP contribution in [0.25, 0.3) is 0 Å². The molecule has 194 valence electrons. The number of hydrogen-bond donors (Lipinski definition) is 2. The van der Waals surface area contributed by atoms with Crippen molar-refractivity contribution in [1.29, 1.82) is 0 Å². The highest BCUT2D eigenvalue weighted by molar-refractivity contribution is 5.84. The summed E-state index contributed by atoms with van der Waals surface area (Å²) in [4.78, 5) is 26.2. The minimum Gasteiger partial charge on any atom is -0.494 e. The van der Waals surface area contributed by atoms with Gasteiger partial charge < -0.3 is 19.7 Å². The van der Waals surface area contributed by atoms with E-state index >= 15 is 0 Å². The molecule has 1 saturated heterocycles. The molecule has 37 heavy (non-hydrogen) atoms. The molecule has 0 saturated carbocycles. The Morgan fingerprint density at radius 1 is 1.00 bits per heavy atom. The van der Waals surface area contributed by atoms with E-state index in [-0.39, 0.29) is 11.6 Å². The molecule has 0 spiro atoms. The smallest absolute Gasteiger partial charge is 0.269 e. The monoisotopic (exact) mass is 506 g/mol. The van der Waals surface area contributed by atoms with E-state index in [9.17, 15) is 10.1 Å². The van der Waals surface area contributed by atoms with Crippen molar-refractivity contribution in [3.63, 3.8) is 0 Å². The number of hydrazone groups is 1. The van der Waals surface area contributed by atoms with Gasteiger partial charge in [-0.05, 0) is 57.4 Å². The molecule has 1 aliphatic rings. The highest BCUT2D eigenvalue weighted by Gasteiger charge is 2.17. The fourth-order valence-corrected chi connectivity index (χ4v) is 3.82. The first-order chi connectivity index (χ1) is 18.1. The lowest BCUT2D eigenvalue weighted by atomic mass is 10.1. The summed E-state index contributed by atoms with van der Waals surface area (Å²) in [7, 11) is 0. The SMILES string of the molecule is CCOc1ccc(/C=N/Nc2nc(Nc3ccc([N+](=O)[O-])cc3)nc(N3CCCCC3)n2)c(OCC)c1. The zero-order valence-electron chi connectivity index (χ0n) is 20.9. The molecule has 2 aromatic carbocycles. The molecule has 0 bridgehead atoms. The third-order valence-electron chi connectivity index (χ3n) is 5.56. The lowest BCUT2D eigenvalue weighted by Gasteiger charge is -2.26. The molecule has 2 heterocycles. The molecule has 1 fully saturated rings. The van der Waals surface area contributed by atoms with Gasteiger partial charge in [0, 0.05) is 42.5 Å². The second-order valence-corrected chi connectivity index (χ2v) is 8.19. The summed E-state index contributed by atoms with van der Waals surface area (Å²) in [6.45, 7) is 6.63. The number of anilines is 4. The standard InChI is InChI=1S/C25H30N8O4/c1-3-36-21-13-8-18(22(16-21)37-4-2)17-26-31-24-28-23(27-19-9-11-20(12-10-19)33(34)35)29-25(30-24)32-14-6-5-7-15-32/h8-13,16-17H,3-7,14-15H2,1-2H3,(H2,27,28,29,30,31)/b26-17+. The van der Waals surface area contributed by atoms with E-state index in [0.29, 0.717) is 36.5 Å². The highest BCUT2D eigenvalue weighted by atomic mass is 16.6. The number of nitro groups is 1. The minimum atomic E-state index is -0.442. The van der Waals surface area contributed by atoms with Gasteiger partial charge in [-0.25, -0.2) is 5.43 Å². The Morgan fingerprint density at radius 3 is 2.43 bits per heavy atom. The molecule has 1 aliphatic heterocycles. The second kappa shape index (κ2) is 12.5. The summed E-state index contributed by atoms with van der Waals surface area (Å²) in [5.74, 6) is 2.48. The Hall–Kier alpha value is -4.48. The van der Waals surface area contributed by atoms with Crippen LogP contribution in [0.4, 0.5) is 29.2 Å². The molecule has 12 nitrogen and oxygen atoms in total. The first kappa shape index (κ1) is 25.6. The van der Waals surface area contributed by atoms with Crippen LogP contribution in [0.5, 0.6) is 11.5 Å². The fraction of sp³-hybridized carbons (Fsp3) is 0.360. The number of aromatic nitrogens is 3. The van der Waals surface area contributed by atoms with Gasteiger partial charge in [-0.1, -0.05) is 0 Å². The maximum Gasteiger partial charge on any atom is 0.269 e. The average Bonchev–Trinajstić information content (AvgIpc) is 2.91. The number of nitro benzene ring substituents is 1. The summed E-state index contributed by atoms with van der Waals surface area (Å²) < 4.78 is 11.3. The number of rotatable bonds is 11. The average molecular weight is 507 g/mol. The Bertz CT molecular complexity index is 1230. The maximum atomic E-state index is 11.0. The largest absolute Gasteiger partial charge is 0.494 e. The predicted molar refractivity (Wildman–Crippen MR) is 142 cm³/mol. The lowest BCUT2D eigenvalue weighted by molar-refractivity contribution is -0.384. The maximum absolute atomic E-state index is 11.0. The summed E-state index contributed by atoms with van der Waals surface area (Å²) >= 11 is 0.